The van der Waals surface area contributed by atoms with Crippen LogP contribution in [0.2, 0.25) is 0 Å². The summed E-state index contributed by atoms with van der Waals surface area (Å²) in [4.78, 5) is 23.4. The molecule has 0 aliphatic heterocycles. The summed E-state index contributed by atoms with van der Waals surface area (Å²) >= 11 is 0. The van der Waals surface area contributed by atoms with Gasteiger partial charge >= 0.3 is 5.97 Å². The Bertz CT molecular complexity index is 323. The second kappa shape index (κ2) is 6.89. The number of amides is 1. The standard InChI is InChI=1S/C14H26N2O3/c1-10(6-5-7-11(2)15)12(17)16-14(13(18)19)8-3-4-9-14/h10-11H,3-9,15H2,1-2H3,(H,16,17)(H,18,19). The van der Waals surface area contributed by atoms with Gasteiger partial charge in [0.05, 0.1) is 0 Å². The molecule has 0 aromatic carbocycles. The molecule has 1 aliphatic carbocycles. The maximum atomic E-state index is 12.1. The van der Waals surface area contributed by atoms with Crippen LogP contribution in [0.15, 0.2) is 0 Å². The molecule has 1 rings (SSSR count). The molecule has 1 amide bonds. The Hall–Kier alpha value is -1.10. The van der Waals surface area contributed by atoms with Crippen LogP contribution in [0.1, 0.15) is 58.8 Å². The highest BCUT2D eigenvalue weighted by Crippen LogP contribution is 2.30. The van der Waals surface area contributed by atoms with Crippen LogP contribution in [0.4, 0.5) is 0 Å². The van der Waals surface area contributed by atoms with Crippen molar-refractivity contribution in [3.8, 4) is 0 Å². The molecule has 1 fully saturated rings. The molecular formula is C14H26N2O3. The zero-order chi connectivity index (χ0) is 14.5. The van der Waals surface area contributed by atoms with Crippen molar-refractivity contribution in [2.45, 2.75) is 70.4 Å². The van der Waals surface area contributed by atoms with E-state index in [1.165, 1.54) is 0 Å². The topological polar surface area (TPSA) is 92.4 Å². The Morgan fingerprint density at radius 3 is 2.32 bits per heavy atom. The molecule has 0 saturated heterocycles. The van der Waals surface area contributed by atoms with Gasteiger partial charge in [0.15, 0.2) is 0 Å². The van der Waals surface area contributed by atoms with Crippen molar-refractivity contribution in [3.63, 3.8) is 0 Å². The zero-order valence-corrected chi connectivity index (χ0v) is 11.9. The zero-order valence-electron chi connectivity index (χ0n) is 11.9. The Morgan fingerprint density at radius 2 is 1.84 bits per heavy atom. The van der Waals surface area contributed by atoms with Crippen LogP contribution < -0.4 is 11.1 Å². The third-order valence-electron chi connectivity index (χ3n) is 3.97. The highest BCUT2D eigenvalue weighted by molar-refractivity contribution is 5.88. The van der Waals surface area contributed by atoms with Crippen molar-refractivity contribution < 1.29 is 14.7 Å². The summed E-state index contributed by atoms with van der Waals surface area (Å²) in [6.45, 7) is 3.80. The van der Waals surface area contributed by atoms with E-state index in [9.17, 15) is 14.7 Å². The molecule has 1 saturated carbocycles. The van der Waals surface area contributed by atoms with Gasteiger partial charge in [0.2, 0.25) is 5.91 Å². The number of hydrogen-bond donors (Lipinski definition) is 3. The molecule has 110 valence electrons. The maximum Gasteiger partial charge on any atom is 0.329 e. The molecule has 4 N–H and O–H groups in total. The van der Waals surface area contributed by atoms with Crippen molar-refractivity contribution in [3.05, 3.63) is 0 Å². The Morgan fingerprint density at radius 1 is 1.26 bits per heavy atom. The van der Waals surface area contributed by atoms with E-state index in [1.807, 2.05) is 13.8 Å². The molecule has 19 heavy (non-hydrogen) atoms. The predicted molar refractivity (Wildman–Crippen MR) is 73.6 cm³/mol. The summed E-state index contributed by atoms with van der Waals surface area (Å²) in [5.41, 5.74) is 4.65. The average Bonchev–Trinajstić information content (AvgIpc) is 2.78. The molecule has 5 heteroatoms. The summed E-state index contributed by atoms with van der Waals surface area (Å²) in [5.74, 6) is -1.20. The first-order valence-corrected chi connectivity index (χ1v) is 7.18. The van der Waals surface area contributed by atoms with Gasteiger partial charge in [-0.3, -0.25) is 4.79 Å². The van der Waals surface area contributed by atoms with Crippen molar-refractivity contribution in [1.29, 1.82) is 0 Å². The molecule has 5 nitrogen and oxygen atoms in total. The maximum absolute atomic E-state index is 12.1. The largest absolute Gasteiger partial charge is 0.480 e. The summed E-state index contributed by atoms with van der Waals surface area (Å²) < 4.78 is 0. The van der Waals surface area contributed by atoms with Crippen molar-refractivity contribution >= 4 is 11.9 Å². The second-order valence-corrected chi connectivity index (χ2v) is 5.89. The predicted octanol–water partition coefficient (Wildman–Crippen LogP) is 1.65. The summed E-state index contributed by atoms with van der Waals surface area (Å²) in [5, 5.41) is 12.1. The fourth-order valence-electron chi connectivity index (χ4n) is 2.61. The number of carboxylic acids is 1. The monoisotopic (exact) mass is 270 g/mol. The molecular weight excluding hydrogens is 244 g/mol. The van der Waals surface area contributed by atoms with E-state index in [4.69, 9.17) is 5.73 Å². The number of rotatable bonds is 7. The SMILES string of the molecule is CC(N)CCCC(C)C(=O)NC1(C(=O)O)CCCC1. The summed E-state index contributed by atoms with van der Waals surface area (Å²) in [6, 6.07) is 0.149. The Kier molecular flexibility index (Phi) is 5.79. The van der Waals surface area contributed by atoms with E-state index in [0.717, 1.165) is 32.1 Å². The number of aliphatic carboxylic acids is 1. The van der Waals surface area contributed by atoms with Gasteiger partial charge in [0, 0.05) is 12.0 Å². The number of nitrogens with two attached hydrogens (primary N) is 1. The first-order chi connectivity index (χ1) is 8.87. The van der Waals surface area contributed by atoms with Gasteiger partial charge in [-0.25, -0.2) is 4.79 Å². The fourth-order valence-corrected chi connectivity index (χ4v) is 2.61. The quantitative estimate of drug-likeness (QED) is 0.656. The molecule has 0 bridgehead atoms. The van der Waals surface area contributed by atoms with Crippen LogP contribution >= 0.6 is 0 Å². The van der Waals surface area contributed by atoms with Crippen molar-refractivity contribution in [1.82, 2.24) is 5.32 Å². The fraction of sp³-hybridized carbons (Fsp3) is 0.857. The lowest BCUT2D eigenvalue weighted by Crippen LogP contribution is -2.53. The molecule has 0 aromatic heterocycles. The Labute approximate surface area is 114 Å². The van der Waals surface area contributed by atoms with E-state index < -0.39 is 11.5 Å². The normalized spacial score (nSPS) is 20.8. The number of nitrogens with one attached hydrogen (secondary N) is 1. The summed E-state index contributed by atoms with van der Waals surface area (Å²) in [7, 11) is 0. The summed E-state index contributed by atoms with van der Waals surface area (Å²) in [6.07, 6.45) is 5.36. The van der Waals surface area contributed by atoms with E-state index in [-0.39, 0.29) is 17.9 Å². The van der Waals surface area contributed by atoms with Crippen molar-refractivity contribution in [2.75, 3.05) is 0 Å². The van der Waals surface area contributed by atoms with Gasteiger partial charge < -0.3 is 16.2 Å². The smallest absolute Gasteiger partial charge is 0.329 e. The van der Waals surface area contributed by atoms with Crippen molar-refractivity contribution in [2.24, 2.45) is 11.7 Å². The van der Waals surface area contributed by atoms with Crippen LogP contribution in [0.5, 0.6) is 0 Å². The lowest BCUT2D eigenvalue weighted by atomic mass is 9.95. The highest BCUT2D eigenvalue weighted by atomic mass is 16.4. The van der Waals surface area contributed by atoms with Crippen LogP contribution in [-0.2, 0) is 9.59 Å². The molecule has 0 aromatic rings. The number of carbonyl (C=O) groups is 2. The number of carboxylic acid groups (broad SMARTS) is 1. The molecule has 2 atom stereocenters. The van der Waals surface area contributed by atoms with Gasteiger partial charge in [-0.2, -0.15) is 0 Å². The van der Waals surface area contributed by atoms with Gasteiger partial charge in [0.1, 0.15) is 5.54 Å². The molecule has 0 heterocycles. The van der Waals surface area contributed by atoms with E-state index >= 15 is 0 Å². The van der Waals surface area contributed by atoms with Crippen LogP contribution in [-0.4, -0.2) is 28.6 Å². The third-order valence-corrected chi connectivity index (χ3v) is 3.97. The molecule has 1 aliphatic rings. The average molecular weight is 270 g/mol. The lowest BCUT2D eigenvalue weighted by molar-refractivity contribution is -0.148. The second-order valence-electron chi connectivity index (χ2n) is 5.89. The highest BCUT2D eigenvalue weighted by Gasteiger charge is 2.43. The first-order valence-electron chi connectivity index (χ1n) is 7.18. The minimum Gasteiger partial charge on any atom is -0.480 e. The number of carbonyl (C=O) groups excluding carboxylic acids is 1. The van der Waals surface area contributed by atoms with Crippen LogP contribution in [0.3, 0.4) is 0 Å². The van der Waals surface area contributed by atoms with E-state index in [2.05, 4.69) is 5.32 Å². The van der Waals surface area contributed by atoms with Gasteiger partial charge in [-0.05, 0) is 32.6 Å². The number of hydrogen-bond acceptors (Lipinski definition) is 3. The minimum absolute atomic E-state index is 0.144. The van der Waals surface area contributed by atoms with E-state index in [1.54, 1.807) is 0 Å². The van der Waals surface area contributed by atoms with Gasteiger partial charge in [-0.15, -0.1) is 0 Å². The third kappa shape index (κ3) is 4.49. The molecule has 2 unspecified atom stereocenters. The van der Waals surface area contributed by atoms with Gasteiger partial charge in [-0.1, -0.05) is 26.2 Å². The molecule has 0 radical (unpaired) electrons. The first kappa shape index (κ1) is 16.0. The van der Waals surface area contributed by atoms with E-state index in [0.29, 0.717) is 12.8 Å². The molecule has 0 spiro atoms. The minimum atomic E-state index is -1.02. The lowest BCUT2D eigenvalue weighted by Gasteiger charge is -2.27. The van der Waals surface area contributed by atoms with Gasteiger partial charge in [0.25, 0.3) is 0 Å². The Balaban J connectivity index is 2.46. The van der Waals surface area contributed by atoms with Crippen LogP contribution in [0.25, 0.3) is 0 Å². The van der Waals surface area contributed by atoms with Crippen LogP contribution in [0, 0.1) is 5.92 Å².